The molecule has 0 saturated carbocycles. The summed E-state index contributed by atoms with van der Waals surface area (Å²) in [6, 6.07) is 33.0. The SMILES string of the molecule is c1ccc([Se]CCCP(c2ccccc2)c2ccccc2)cc1. The summed E-state index contributed by atoms with van der Waals surface area (Å²) in [4.78, 5) is 0. The van der Waals surface area contributed by atoms with Crippen molar-refractivity contribution in [3.8, 4) is 0 Å². The Kier molecular flexibility index (Phi) is 6.47. The zero-order valence-electron chi connectivity index (χ0n) is 13.1. The zero-order valence-corrected chi connectivity index (χ0v) is 15.7. The standard InChI is InChI=1S/C21H21PSe/c1-4-11-19(12-5-1)22(20-13-6-2-7-14-20)17-10-18-23-21-15-8-3-9-16-21/h1-9,11-16H,10,17-18H2. The molecule has 0 atom stereocenters. The van der Waals surface area contributed by atoms with Crippen molar-refractivity contribution in [1.82, 2.24) is 0 Å². The van der Waals surface area contributed by atoms with Gasteiger partial charge in [-0.25, -0.2) is 0 Å². The maximum atomic E-state index is 2.29. The van der Waals surface area contributed by atoms with E-state index >= 15 is 0 Å². The van der Waals surface area contributed by atoms with Crippen molar-refractivity contribution in [2.24, 2.45) is 0 Å². The fraction of sp³-hybridized carbons (Fsp3) is 0.143. The molecule has 3 aromatic carbocycles. The van der Waals surface area contributed by atoms with Crippen molar-refractivity contribution in [3.63, 3.8) is 0 Å². The fourth-order valence-corrected chi connectivity index (χ4v) is 7.22. The Hall–Kier alpha value is -1.39. The summed E-state index contributed by atoms with van der Waals surface area (Å²) in [6.45, 7) is 0. The topological polar surface area (TPSA) is 0 Å². The molecular formula is C21H21PSe. The van der Waals surface area contributed by atoms with Crippen LogP contribution in [-0.2, 0) is 0 Å². The summed E-state index contributed by atoms with van der Waals surface area (Å²) < 4.78 is 1.52. The van der Waals surface area contributed by atoms with Gasteiger partial charge in [-0.2, -0.15) is 0 Å². The van der Waals surface area contributed by atoms with Gasteiger partial charge in [0.15, 0.2) is 0 Å². The molecule has 0 saturated heterocycles. The monoisotopic (exact) mass is 384 g/mol. The van der Waals surface area contributed by atoms with Gasteiger partial charge in [0, 0.05) is 0 Å². The Bertz CT molecular complexity index is 643. The van der Waals surface area contributed by atoms with Gasteiger partial charge in [0.05, 0.1) is 0 Å². The Morgan fingerprint density at radius 1 is 0.609 bits per heavy atom. The van der Waals surface area contributed by atoms with Crippen LogP contribution in [0.15, 0.2) is 91.0 Å². The van der Waals surface area contributed by atoms with Crippen molar-refractivity contribution in [1.29, 1.82) is 0 Å². The first-order chi connectivity index (χ1) is 11.4. The third-order valence-electron chi connectivity index (χ3n) is 3.67. The van der Waals surface area contributed by atoms with Crippen LogP contribution in [0, 0.1) is 0 Å². The molecule has 0 aliphatic rings. The number of benzene rings is 3. The average molecular weight is 383 g/mol. The maximum absolute atomic E-state index is 2.29. The molecule has 0 unspecified atom stereocenters. The third kappa shape index (κ3) is 5.05. The van der Waals surface area contributed by atoms with E-state index in [0.29, 0.717) is 15.0 Å². The van der Waals surface area contributed by atoms with E-state index in [9.17, 15) is 0 Å². The van der Waals surface area contributed by atoms with E-state index in [4.69, 9.17) is 0 Å². The molecule has 0 aliphatic heterocycles. The zero-order chi connectivity index (χ0) is 15.7. The second-order valence-electron chi connectivity index (χ2n) is 5.34. The molecule has 0 amide bonds. The van der Waals surface area contributed by atoms with Crippen LogP contribution >= 0.6 is 7.92 Å². The number of hydrogen-bond acceptors (Lipinski definition) is 0. The van der Waals surface area contributed by atoms with Crippen molar-refractivity contribution in [3.05, 3.63) is 91.0 Å². The molecule has 0 nitrogen and oxygen atoms in total. The average Bonchev–Trinajstić information content (AvgIpc) is 2.64. The van der Waals surface area contributed by atoms with Crippen LogP contribution < -0.4 is 15.1 Å². The first-order valence-corrected chi connectivity index (χ1v) is 11.6. The minimum absolute atomic E-state index is 0.221. The van der Waals surface area contributed by atoms with Crippen LogP contribution in [0.5, 0.6) is 0 Å². The van der Waals surface area contributed by atoms with Crippen molar-refractivity contribution >= 4 is 37.9 Å². The van der Waals surface area contributed by atoms with Gasteiger partial charge in [-0.3, -0.25) is 0 Å². The van der Waals surface area contributed by atoms with Gasteiger partial charge < -0.3 is 0 Å². The Morgan fingerprint density at radius 2 is 1.09 bits per heavy atom. The summed E-state index contributed by atoms with van der Waals surface area (Å²) >= 11 is 0.607. The number of rotatable bonds is 7. The van der Waals surface area contributed by atoms with Crippen LogP contribution in [0.2, 0.25) is 5.32 Å². The molecule has 2 heteroatoms. The van der Waals surface area contributed by atoms with Gasteiger partial charge in [0.1, 0.15) is 0 Å². The van der Waals surface area contributed by atoms with Gasteiger partial charge in [0.2, 0.25) is 0 Å². The van der Waals surface area contributed by atoms with E-state index in [1.807, 2.05) is 0 Å². The van der Waals surface area contributed by atoms with E-state index in [1.165, 1.54) is 33.0 Å². The molecular weight excluding hydrogens is 362 g/mol. The first-order valence-electron chi connectivity index (χ1n) is 7.99. The second kappa shape index (κ2) is 9.04. The van der Waals surface area contributed by atoms with Crippen LogP contribution in [-0.4, -0.2) is 21.1 Å². The van der Waals surface area contributed by atoms with E-state index in [-0.39, 0.29) is 7.92 Å². The van der Waals surface area contributed by atoms with Crippen molar-refractivity contribution in [2.45, 2.75) is 11.7 Å². The van der Waals surface area contributed by atoms with Crippen LogP contribution in [0.3, 0.4) is 0 Å². The van der Waals surface area contributed by atoms with Gasteiger partial charge in [-0.05, 0) is 0 Å². The van der Waals surface area contributed by atoms with E-state index in [1.54, 1.807) is 0 Å². The molecule has 3 rings (SSSR count). The first kappa shape index (κ1) is 16.5. The Balaban J connectivity index is 1.63. The molecule has 3 aromatic rings. The molecule has 0 radical (unpaired) electrons. The van der Waals surface area contributed by atoms with Crippen molar-refractivity contribution in [2.75, 3.05) is 6.16 Å². The summed E-state index contributed by atoms with van der Waals surface area (Å²) in [7, 11) is -0.221. The molecule has 0 aromatic heterocycles. The van der Waals surface area contributed by atoms with Gasteiger partial charge in [0.25, 0.3) is 0 Å². The molecule has 23 heavy (non-hydrogen) atoms. The quantitative estimate of drug-likeness (QED) is 0.329. The second-order valence-corrected chi connectivity index (χ2v) is 10.1. The number of hydrogen-bond donors (Lipinski definition) is 0. The molecule has 0 bridgehead atoms. The van der Waals surface area contributed by atoms with E-state index < -0.39 is 0 Å². The summed E-state index contributed by atoms with van der Waals surface area (Å²) in [5.74, 6) is 0. The molecule has 0 N–H and O–H groups in total. The van der Waals surface area contributed by atoms with Gasteiger partial charge in [-0.1, -0.05) is 0 Å². The third-order valence-corrected chi connectivity index (χ3v) is 8.58. The Morgan fingerprint density at radius 3 is 1.61 bits per heavy atom. The van der Waals surface area contributed by atoms with Crippen LogP contribution in [0.1, 0.15) is 6.42 Å². The van der Waals surface area contributed by atoms with E-state index in [0.717, 1.165) is 0 Å². The normalized spacial score (nSPS) is 10.8. The summed E-state index contributed by atoms with van der Waals surface area (Å²) in [5, 5.41) is 4.33. The fourth-order valence-electron chi connectivity index (χ4n) is 2.55. The molecule has 0 fully saturated rings. The van der Waals surface area contributed by atoms with Crippen LogP contribution in [0.25, 0.3) is 0 Å². The predicted octanol–water partition coefficient (Wildman–Crippen LogP) is 3.96. The summed E-state index contributed by atoms with van der Waals surface area (Å²) in [6.07, 6.45) is 2.60. The van der Waals surface area contributed by atoms with Gasteiger partial charge >= 0.3 is 147 Å². The minimum atomic E-state index is -0.221. The molecule has 0 heterocycles. The molecule has 0 aliphatic carbocycles. The summed E-state index contributed by atoms with van der Waals surface area (Å²) in [5.41, 5.74) is 0. The molecule has 0 spiro atoms. The van der Waals surface area contributed by atoms with Crippen molar-refractivity contribution < 1.29 is 0 Å². The predicted molar refractivity (Wildman–Crippen MR) is 105 cm³/mol. The molecule has 116 valence electrons. The van der Waals surface area contributed by atoms with E-state index in [2.05, 4.69) is 91.0 Å². The van der Waals surface area contributed by atoms with Gasteiger partial charge in [-0.15, -0.1) is 0 Å². The van der Waals surface area contributed by atoms with Crippen LogP contribution in [0.4, 0.5) is 0 Å². The Labute approximate surface area is 146 Å².